The molecule has 0 saturated heterocycles. The van der Waals surface area contributed by atoms with Gasteiger partial charge in [-0.3, -0.25) is 4.79 Å². The Morgan fingerprint density at radius 3 is 2.65 bits per heavy atom. The van der Waals surface area contributed by atoms with Crippen molar-refractivity contribution < 1.29 is 18.9 Å². The summed E-state index contributed by atoms with van der Waals surface area (Å²) in [4.78, 5) is 22.9. The second-order valence-electron chi connectivity index (χ2n) is 3.96. The van der Waals surface area contributed by atoms with Gasteiger partial charge in [0.2, 0.25) is 6.54 Å². The molecular weight excluding hydrogens is 256 g/mol. The highest BCUT2D eigenvalue weighted by Crippen LogP contribution is 1.96. The fraction of sp³-hybridized carbons (Fsp3) is 0.533. The third-order valence-corrected chi connectivity index (χ3v) is 2.46. The van der Waals surface area contributed by atoms with Crippen molar-refractivity contribution in [2.75, 3.05) is 13.7 Å². The first-order chi connectivity index (χ1) is 9.67. The van der Waals surface area contributed by atoms with Gasteiger partial charge in [0.25, 0.3) is 5.91 Å². The van der Waals surface area contributed by atoms with Gasteiger partial charge in [0.15, 0.2) is 12.4 Å². The highest BCUT2D eigenvalue weighted by Gasteiger charge is 2.13. The third kappa shape index (κ3) is 6.87. The monoisotopic (exact) mass is 281 g/mol. The molecule has 0 fully saturated rings. The summed E-state index contributed by atoms with van der Waals surface area (Å²) in [6.45, 7) is 6.96. The number of nitrogens with zero attached hydrogens (tertiary/aromatic N) is 1. The second-order valence-corrected chi connectivity index (χ2v) is 3.96. The number of methoxy groups -OCH3 is 1. The van der Waals surface area contributed by atoms with E-state index >= 15 is 0 Å². The number of ether oxygens (including phenoxy) is 1. The van der Waals surface area contributed by atoms with E-state index in [0.717, 1.165) is 12.8 Å². The molecule has 1 rings (SSSR count). The summed E-state index contributed by atoms with van der Waals surface area (Å²) in [5.41, 5.74) is 0.432. The molecule has 1 aromatic rings. The number of carbonyl (C=O) groups is 2. The molecular formula is C15H25N2O3+. The molecule has 0 aliphatic heterocycles. The summed E-state index contributed by atoms with van der Waals surface area (Å²) in [6, 6.07) is 3.36. The van der Waals surface area contributed by atoms with Crippen LogP contribution in [-0.4, -0.2) is 25.5 Å². The third-order valence-electron chi connectivity index (χ3n) is 2.46. The molecule has 5 nitrogen and oxygen atoms in total. The zero-order chi connectivity index (χ0) is 15.4. The number of unbranched alkanes of at least 4 members (excludes halogenated alkanes) is 1. The van der Waals surface area contributed by atoms with Crippen LogP contribution in [0.4, 0.5) is 0 Å². The Morgan fingerprint density at radius 1 is 1.35 bits per heavy atom. The van der Waals surface area contributed by atoms with Crippen LogP contribution in [0.3, 0.4) is 0 Å². The predicted molar refractivity (Wildman–Crippen MR) is 77.2 cm³/mol. The molecule has 0 spiro atoms. The summed E-state index contributed by atoms with van der Waals surface area (Å²) >= 11 is 0. The standard InChI is InChI=1S/C13H18N2O3.C2H6/c1-3-4-7-14-12(16)10-15-8-5-6-11(9-15)13(17)18-2;1-2/h5-6,8-9H,3-4,7,10H2,1-2H3;1-2H3/p+1. The van der Waals surface area contributed by atoms with Crippen LogP contribution in [0, 0.1) is 0 Å². The average molecular weight is 281 g/mol. The maximum Gasteiger partial charge on any atom is 0.343 e. The molecule has 5 heteroatoms. The average Bonchev–Trinajstić information content (AvgIpc) is 2.49. The number of esters is 1. The number of carbonyl (C=O) groups excluding carboxylic acids is 2. The number of aromatic nitrogens is 1. The number of hydrogen-bond acceptors (Lipinski definition) is 3. The normalized spacial score (nSPS) is 9.20. The minimum absolute atomic E-state index is 0.0598. The molecule has 0 aromatic carbocycles. The van der Waals surface area contributed by atoms with Crippen LogP contribution < -0.4 is 9.88 Å². The van der Waals surface area contributed by atoms with Crippen LogP contribution in [0.2, 0.25) is 0 Å². The first-order valence-corrected chi connectivity index (χ1v) is 7.01. The largest absolute Gasteiger partial charge is 0.465 e. The molecule has 0 bridgehead atoms. The van der Waals surface area contributed by atoms with Crippen molar-refractivity contribution in [3.63, 3.8) is 0 Å². The first kappa shape index (κ1) is 18.1. The van der Waals surface area contributed by atoms with Crippen LogP contribution in [-0.2, 0) is 16.1 Å². The minimum atomic E-state index is -0.407. The highest BCUT2D eigenvalue weighted by molar-refractivity contribution is 5.88. The Hall–Kier alpha value is -1.91. The lowest BCUT2D eigenvalue weighted by molar-refractivity contribution is -0.684. The predicted octanol–water partition coefficient (Wildman–Crippen LogP) is 1.70. The van der Waals surface area contributed by atoms with Crippen LogP contribution in [0.5, 0.6) is 0 Å². The summed E-state index contributed by atoms with van der Waals surface area (Å²) in [6.07, 6.45) is 5.36. The lowest BCUT2D eigenvalue weighted by atomic mass is 10.3. The van der Waals surface area contributed by atoms with Gasteiger partial charge >= 0.3 is 5.97 Å². The summed E-state index contributed by atoms with van der Waals surface area (Å²) in [5, 5.41) is 2.82. The Bertz CT molecular complexity index is 419. The van der Waals surface area contributed by atoms with E-state index < -0.39 is 5.97 Å². The van der Waals surface area contributed by atoms with Crippen molar-refractivity contribution in [1.29, 1.82) is 0 Å². The fourth-order valence-electron chi connectivity index (χ4n) is 1.49. The quantitative estimate of drug-likeness (QED) is 0.490. The SMILES string of the molecule is CC.CCCCNC(=O)C[n+]1cccc(C(=O)OC)c1. The lowest BCUT2D eigenvalue weighted by Crippen LogP contribution is -2.43. The van der Waals surface area contributed by atoms with E-state index in [1.54, 1.807) is 29.1 Å². The molecule has 1 amide bonds. The molecule has 1 N–H and O–H groups in total. The van der Waals surface area contributed by atoms with Gasteiger partial charge < -0.3 is 10.1 Å². The number of amides is 1. The van der Waals surface area contributed by atoms with Gasteiger partial charge in [-0.2, -0.15) is 4.57 Å². The number of pyridine rings is 1. The number of nitrogens with one attached hydrogen (secondary N) is 1. The van der Waals surface area contributed by atoms with E-state index in [0.29, 0.717) is 12.1 Å². The van der Waals surface area contributed by atoms with Crippen LogP contribution >= 0.6 is 0 Å². The highest BCUT2D eigenvalue weighted by atomic mass is 16.5. The Kier molecular flexibility index (Phi) is 9.92. The van der Waals surface area contributed by atoms with Crippen LogP contribution in [0.15, 0.2) is 24.5 Å². The Balaban J connectivity index is 0.00000172. The molecule has 1 heterocycles. The second kappa shape index (κ2) is 11.0. The molecule has 0 saturated carbocycles. The molecule has 20 heavy (non-hydrogen) atoms. The van der Waals surface area contributed by atoms with E-state index in [4.69, 9.17) is 0 Å². The van der Waals surface area contributed by atoms with Crippen molar-refractivity contribution in [3.8, 4) is 0 Å². The summed E-state index contributed by atoms with van der Waals surface area (Å²) in [5.74, 6) is -0.466. The fourth-order valence-corrected chi connectivity index (χ4v) is 1.49. The van der Waals surface area contributed by atoms with Crippen LogP contribution in [0.25, 0.3) is 0 Å². The van der Waals surface area contributed by atoms with Crippen molar-refractivity contribution in [3.05, 3.63) is 30.1 Å². The smallest absolute Gasteiger partial charge is 0.343 e. The van der Waals surface area contributed by atoms with Crippen molar-refractivity contribution in [2.45, 2.75) is 40.2 Å². The maximum atomic E-state index is 11.6. The lowest BCUT2D eigenvalue weighted by Gasteiger charge is -2.02. The minimum Gasteiger partial charge on any atom is -0.465 e. The summed E-state index contributed by atoms with van der Waals surface area (Å²) in [7, 11) is 1.33. The van der Waals surface area contributed by atoms with Gasteiger partial charge in [-0.25, -0.2) is 4.79 Å². The molecule has 1 aromatic heterocycles. The first-order valence-electron chi connectivity index (χ1n) is 7.01. The van der Waals surface area contributed by atoms with E-state index in [1.165, 1.54) is 7.11 Å². The number of rotatable bonds is 6. The van der Waals surface area contributed by atoms with E-state index in [2.05, 4.69) is 17.0 Å². The summed E-state index contributed by atoms with van der Waals surface area (Å²) < 4.78 is 6.28. The zero-order valence-electron chi connectivity index (χ0n) is 12.8. The molecule has 0 radical (unpaired) electrons. The number of hydrogen-bond donors (Lipinski definition) is 1. The topological polar surface area (TPSA) is 59.3 Å². The van der Waals surface area contributed by atoms with Crippen molar-refractivity contribution >= 4 is 11.9 Å². The van der Waals surface area contributed by atoms with Crippen molar-refractivity contribution in [2.24, 2.45) is 0 Å². The van der Waals surface area contributed by atoms with Crippen LogP contribution in [0.1, 0.15) is 44.0 Å². The Labute approximate surface area is 121 Å². The molecule has 0 aliphatic rings. The van der Waals surface area contributed by atoms with Gasteiger partial charge in [0.1, 0.15) is 5.56 Å². The molecule has 0 atom stereocenters. The molecule has 112 valence electrons. The Morgan fingerprint density at radius 2 is 2.05 bits per heavy atom. The van der Waals surface area contributed by atoms with E-state index in [1.807, 2.05) is 13.8 Å². The maximum absolute atomic E-state index is 11.6. The van der Waals surface area contributed by atoms with Crippen molar-refractivity contribution in [1.82, 2.24) is 5.32 Å². The van der Waals surface area contributed by atoms with Gasteiger partial charge in [0, 0.05) is 12.6 Å². The van der Waals surface area contributed by atoms with Gasteiger partial charge in [-0.05, 0) is 12.5 Å². The van der Waals surface area contributed by atoms with Gasteiger partial charge in [-0.15, -0.1) is 0 Å². The molecule has 0 unspecified atom stereocenters. The van der Waals surface area contributed by atoms with E-state index in [9.17, 15) is 9.59 Å². The molecule has 0 aliphatic carbocycles. The van der Waals surface area contributed by atoms with Gasteiger partial charge in [-0.1, -0.05) is 27.2 Å². The van der Waals surface area contributed by atoms with Gasteiger partial charge in [0.05, 0.1) is 7.11 Å². The van der Waals surface area contributed by atoms with E-state index in [-0.39, 0.29) is 12.5 Å². The zero-order valence-corrected chi connectivity index (χ0v) is 12.8.